The highest BCUT2D eigenvalue weighted by Crippen LogP contribution is 2.40. The smallest absolute Gasteiger partial charge is 0.253 e. The van der Waals surface area contributed by atoms with Crippen molar-refractivity contribution in [2.45, 2.75) is 64.3 Å². The van der Waals surface area contributed by atoms with E-state index in [9.17, 15) is 4.79 Å². The molecule has 1 aliphatic heterocycles. The number of nitrogens with zero attached hydrogens (tertiary/aromatic N) is 2. The summed E-state index contributed by atoms with van der Waals surface area (Å²) in [4.78, 5) is 21.6. The predicted octanol–water partition coefficient (Wildman–Crippen LogP) is 7.63. The monoisotopic (exact) mass is 606 g/mol. The summed E-state index contributed by atoms with van der Waals surface area (Å²) in [7, 11) is -0.314. The van der Waals surface area contributed by atoms with Gasteiger partial charge in [-0.15, -0.1) is 0 Å². The molecule has 0 radical (unpaired) electrons. The lowest BCUT2D eigenvalue weighted by atomic mass is 9.93. The van der Waals surface area contributed by atoms with Crippen LogP contribution >= 0.6 is 0 Å². The van der Waals surface area contributed by atoms with E-state index in [0.717, 1.165) is 46.6 Å². The van der Waals surface area contributed by atoms with Crippen LogP contribution in [0.3, 0.4) is 0 Å². The molecule has 7 nitrogen and oxygen atoms in total. The zero-order chi connectivity index (χ0) is 31.1. The number of H-pyrrole nitrogens is 1. The Balaban J connectivity index is 1.29. The molecule has 1 amide bonds. The third-order valence-electron chi connectivity index (χ3n) is 9.38. The van der Waals surface area contributed by atoms with Crippen LogP contribution in [0.5, 0.6) is 5.75 Å². The van der Waals surface area contributed by atoms with Crippen molar-refractivity contribution in [1.82, 2.24) is 19.9 Å². The van der Waals surface area contributed by atoms with Gasteiger partial charge in [0.1, 0.15) is 5.75 Å². The molecule has 5 aromatic rings. The van der Waals surface area contributed by atoms with Gasteiger partial charge < -0.3 is 24.0 Å². The Labute approximate surface area is 260 Å². The highest BCUT2D eigenvalue weighted by molar-refractivity contribution is 6.74. The number of pyridine rings is 1. The van der Waals surface area contributed by atoms with Gasteiger partial charge in [-0.05, 0) is 72.4 Å². The normalized spacial score (nSPS) is 13.8. The molecule has 2 N–H and O–H groups in total. The number of methoxy groups -OCH3 is 1. The minimum absolute atomic E-state index is 0.0778. The van der Waals surface area contributed by atoms with Crippen LogP contribution in [0.1, 0.15) is 42.3 Å². The highest BCUT2D eigenvalue weighted by Gasteiger charge is 2.38. The molecule has 0 bridgehead atoms. The molecule has 0 saturated heterocycles. The van der Waals surface area contributed by atoms with Gasteiger partial charge in [-0.1, -0.05) is 45.0 Å². The SMILES string of the molecule is COc1cc2c(cc1-c1cccnc1)-c1cc(C(=O)N[C@@H](CO[Si](C)(C)C(C)(C)C)Cc3c[nH]c4ccccc34)cn1CC2. The summed E-state index contributed by atoms with van der Waals surface area (Å²) in [6.07, 6.45) is 9.20. The number of nitrogens with one attached hydrogen (secondary N) is 2. The fourth-order valence-corrected chi connectivity index (χ4v) is 6.83. The maximum absolute atomic E-state index is 13.9. The first-order valence-corrected chi connectivity index (χ1v) is 18.3. The Morgan fingerprint density at radius 2 is 1.93 bits per heavy atom. The summed E-state index contributed by atoms with van der Waals surface area (Å²) >= 11 is 0. The zero-order valence-corrected chi connectivity index (χ0v) is 27.5. The fourth-order valence-electron chi connectivity index (χ4n) is 5.78. The lowest BCUT2D eigenvalue weighted by Crippen LogP contribution is -2.47. The Hall–Kier alpha value is -4.14. The molecule has 0 spiro atoms. The maximum atomic E-state index is 13.9. The van der Waals surface area contributed by atoms with Crippen molar-refractivity contribution >= 4 is 25.1 Å². The van der Waals surface area contributed by atoms with Crippen LogP contribution in [0.2, 0.25) is 18.1 Å². The Morgan fingerprint density at radius 3 is 2.68 bits per heavy atom. The first kappa shape index (κ1) is 29.9. The number of aromatic amines is 1. The van der Waals surface area contributed by atoms with Crippen LogP contribution in [-0.2, 0) is 23.8 Å². The fraction of sp³-hybridized carbons (Fsp3) is 0.333. The van der Waals surface area contributed by atoms with Crippen molar-refractivity contribution in [2.75, 3.05) is 13.7 Å². The molecular weight excluding hydrogens is 565 g/mol. The molecular formula is C36H42N4O3Si. The average molecular weight is 607 g/mol. The largest absolute Gasteiger partial charge is 0.496 e. The predicted molar refractivity (Wildman–Crippen MR) is 180 cm³/mol. The molecule has 0 unspecified atom stereocenters. The molecule has 3 aromatic heterocycles. The van der Waals surface area contributed by atoms with Gasteiger partial charge in [0.2, 0.25) is 0 Å². The molecule has 1 aliphatic rings. The number of carbonyl (C=O) groups excluding carboxylic acids is 1. The summed E-state index contributed by atoms with van der Waals surface area (Å²) in [5.41, 5.74) is 8.28. The minimum atomic E-state index is -2.02. The number of carbonyl (C=O) groups is 1. The second-order valence-corrected chi connectivity index (χ2v) is 18.1. The van der Waals surface area contributed by atoms with E-state index >= 15 is 0 Å². The van der Waals surface area contributed by atoms with Crippen LogP contribution in [0.4, 0.5) is 0 Å². The maximum Gasteiger partial charge on any atom is 0.253 e. The first-order chi connectivity index (χ1) is 21.0. The molecule has 4 heterocycles. The van der Waals surface area contributed by atoms with Gasteiger partial charge in [-0.2, -0.15) is 0 Å². The molecule has 6 rings (SSSR count). The third-order valence-corrected chi connectivity index (χ3v) is 13.9. The summed E-state index contributed by atoms with van der Waals surface area (Å²) in [6, 6.07) is 18.4. The number of aryl methyl sites for hydroxylation is 2. The van der Waals surface area contributed by atoms with Gasteiger partial charge in [0.15, 0.2) is 8.32 Å². The van der Waals surface area contributed by atoms with E-state index in [1.165, 1.54) is 16.5 Å². The van der Waals surface area contributed by atoms with Crippen molar-refractivity contribution in [1.29, 1.82) is 0 Å². The van der Waals surface area contributed by atoms with Crippen molar-refractivity contribution < 1.29 is 14.0 Å². The van der Waals surface area contributed by atoms with E-state index in [1.807, 2.05) is 36.7 Å². The number of hydrogen-bond acceptors (Lipinski definition) is 4. The van der Waals surface area contributed by atoms with Gasteiger partial charge in [0.05, 0.1) is 25.3 Å². The van der Waals surface area contributed by atoms with Crippen LogP contribution in [0, 0.1) is 0 Å². The number of amides is 1. The number of aromatic nitrogens is 3. The molecule has 1 atom stereocenters. The Bertz CT molecular complexity index is 1800. The number of para-hydroxylation sites is 1. The molecule has 0 fully saturated rings. The number of ether oxygens (including phenoxy) is 1. The standard InChI is InChI=1S/C36H42N4O3Si/c1-36(2,3)44(5,6)43-23-28(16-26-21-38-32-12-8-7-11-29(26)32)39-35(41)27-17-33-30-19-31(25-10-9-14-37-20-25)34(42-4)18-24(30)13-15-40(33)22-27/h7-12,14,17-22,28,38H,13,15-16,23H2,1-6H3,(H,39,41)/t28-/m1/s1. The Kier molecular flexibility index (Phi) is 7.98. The van der Waals surface area contributed by atoms with E-state index in [-0.39, 0.29) is 17.0 Å². The highest BCUT2D eigenvalue weighted by atomic mass is 28.4. The van der Waals surface area contributed by atoms with Gasteiger partial charge in [0.25, 0.3) is 5.91 Å². The van der Waals surface area contributed by atoms with E-state index in [1.54, 1.807) is 13.3 Å². The molecule has 2 aromatic carbocycles. The quantitative estimate of drug-likeness (QED) is 0.169. The second kappa shape index (κ2) is 11.7. The van der Waals surface area contributed by atoms with E-state index in [0.29, 0.717) is 18.6 Å². The van der Waals surface area contributed by atoms with Crippen molar-refractivity contribution in [2.24, 2.45) is 0 Å². The molecule has 228 valence electrons. The summed E-state index contributed by atoms with van der Waals surface area (Å²) in [5.74, 6) is 0.745. The number of benzene rings is 2. The van der Waals surface area contributed by atoms with Gasteiger partial charge in [-0.25, -0.2) is 0 Å². The molecule has 8 heteroatoms. The number of fused-ring (bicyclic) bond motifs is 4. The summed E-state index contributed by atoms with van der Waals surface area (Å²) < 4.78 is 14.6. The number of hydrogen-bond donors (Lipinski definition) is 2. The van der Waals surface area contributed by atoms with Gasteiger partial charge in [-0.3, -0.25) is 9.78 Å². The topological polar surface area (TPSA) is 81.2 Å². The third kappa shape index (κ3) is 5.84. The lowest BCUT2D eigenvalue weighted by Gasteiger charge is -2.37. The second-order valence-electron chi connectivity index (χ2n) is 13.3. The van der Waals surface area contributed by atoms with Crippen molar-refractivity contribution in [3.63, 3.8) is 0 Å². The van der Waals surface area contributed by atoms with Gasteiger partial charge >= 0.3 is 0 Å². The van der Waals surface area contributed by atoms with Gasteiger partial charge in [0, 0.05) is 64.6 Å². The van der Waals surface area contributed by atoms with E-state index in [2.05, 4.69) is 90.2 Å². The molecule has 0 saturated carbocycles. The van der Waals surface area contributed by atoms with E-state index in [4.69, 9.17) is 9.16 Å². The van der Waals surface area contributed by atoms with Crippen LogP contribution in [0.15, 0.2) is 79.4 Å². The van der Waals surface area contributed by atoms with Crippen LogP contribution in [-0.4, -0.2) is 48.5 Å². The number of rotatable bonds is 9. The van der Waals surface area contributed by atoms with E-state index < -0.39 is 8.32 Å². The minimum Gasteiger partial charge on any atom is -0.496 e. The zero-order valence-electron chi connectivity index (χ0n) is 26.5. The summed E-state index contributed by atoms with van der Waals surface area (Å²) in [6.45, 7) is 12.5. The Morgan fingerprint density at radius 1 is 1.11 bits per heavy atom. The lowest BCUT2D eigenvalue weighted by molar-refractivity contribution is 0.0918. The summed E-state index contributed by atoms with van der Waals surface area (Å²) in [5, 5.41) is 4.61. The van der Waals surface area contributed by atoms with Crippen molar-refractivity contribution in [3.05, 3.63) is 96.1 Å². The molecule has 0 aliphatic carbocycles. The van der Waals surface area contributed by atoms with Crippen LogP contribution in [0.25, 0.3) is 33.3 Å². The first-order valence-electron chi connectivity index (χ1n) is 15.4. The molecule has 44 heavy (non-hydrogen) atoms. The average Bonchev–Trinajstić information content (AvgIpc) is 3.64. The van der Waals surface area contributed by atoms with Crippen LogP contribution < -0.4 is 10.1 Å². The van der Waals surface area contributed by atoms with Crippen molar-refractivity contribution in [3.8, 4) is 28.1 Å².